The fourth-order valence-corrected chi connectivity index (χ4v) is 3.80. The zero-order valence-corrected chi connectivity index (χ0v) is 13.3. The highest BCUT2D eigenvalue weighted by Gasteiger charge is 2.26. The summed E-state index contributed by atoms with van der Waals surface area (Å²) in [6, 6.07) is 3.36. The number of rotatable bonds is 6. The van der Waals surface area contributed by atoms with Gasteiger partial charge in [-0.3, -0.25) is 4.68 Å². The Labute approximate surface area is 128 Å². The van der Waals surface area contributed by atoms with Crippen molar-refractivity contribution in [3.63, 3.8) is 0 Å². The standard InChI is InChI=1S/C17H29N3O/c1-2-18-17(14-9-11-21-13-14)12-15-8-10-20(19-15)16-6-4-3-5-7-16/h8,10,14,16-18H,2-7,9,11-13H2,1H3. The van der Waals surface area contributed by atoms with Crippen molar-refractivity contribution >= 4 is 0 Å². The van der Waals surface area contributed by atoms with Gasteiger partial charge in [0, 0.05) is 31.2 Å². The van der Waals surface area contributed by atoms with E-state index >= 15 is 0 Å². The first kappa shape index (κ1) is 15.0. The second kappa shape index (κ2) is 7.41. The summed E-state index contributed by atoms with van der Waals surface area (Å²) in [6.07, 6.45) is 11.1. The molecular formula is C17H29N3O. The Hall–Kier alpha value is -0.870. The fraction of sp³-hybridized carbons (Fsp3) is 0.824. The van der Waals surface area contributed by atoms with Gasteiger partial charge >= 0.3 is 0 Å². The predicted molar refractivity (Wildman–Crippen MR) is 84.4 cm³/mol. The monoisotopic (exact) mass is 291 g/mol. The molecule has 2 heterocycles. The third-order valence-electron chi connectivity index (χ3n) is 5.04. The maximum atomic E-state index is 5.56. The van der Waals surface area contributed by atoms with Crippen LogP contribution in [0.25, 0.3) is 0 Å². The summed E-state index contributed by atoms with van der Waals surface area (Å²) in [5.74, 6) is 0.643. The molecule has 21 heavy (non-hydrogen) atoms. The lowest BCUT2D eigenvalue weighted by atomic mass is 9.95. The van der Waals surface area contributed by atoms with E-state index in [2.05, 4.69) is 29.2 Å². The summed E-state index contributed by atoms with van der Waals surface area (Å²) < 4.78 is 7.78. The van der Waals surface area contributed by atoms with Crippen molar-refractivity contribution in [1.82, 2.24) is 15.1 Å². The highest BCUT2D eigenvalue weighted by molar-refractivity contribution is 5.04. The molecule has 0 radical (unpaired) electrons. The summed E-state index contributed by atoms with van der Waals surface area (Å²) in [6.45, 7) is 5.03. The zero-order valence-electron chi connectivity index (χ0n) is 13.3. The van der Waals surface area contributed by atoms with Gasteiger partial charge in [0.1, 0.15) is 0 Å². The van der Waals surface area contributed by atoms with Crippen LogP contribution in [0.3, 0.4) is 0 Å². The number of aromatic nitrogens is 2. The summed E-state index contributed by atoms with van der Waals surface area (Å²) in [7, 11) is 0. The molecule has 1 aromatic rings. The van der Waals surface area contributed by atoms with Gasteiger partial charge in [0.15, 0.2) is 0 Å². The van der Waals surface area contributed by atoms with Gasteiger partial charge in [0.05, 0.1) is 18.3 Å². The molecule has 1 N–H and O–H groups in total. The van der Waals surface area contributed by atoms with E-state index in [1.165, 1.54) is 44.2 Å². The normalized spacial score (nSPS) is 25.3. The van der Waals surface area contributed by atoms with E-state index < -0.39 is 0 Å². The molecule has 2 unspecified atom stereocenters. The first-order valence-electron chi connectivity index (χ1n) is 8.72. The maximum absolute atomic E-state index is 5.56. The molecule has 0 bridgehead atoms. The van der Waals surface area contributed by atoms with Crippen molar-refractivity contribution in [3.05, 3.63) is 18.0 Å². The van der Waals surface area contributed by atoms with E-state index in [9.17, 15) is 0 Å². The van der Waals surface area contributed by atoms with Gasteiger partial charge in [0.2, 0.25) is 0 Å². The minimum absolute atomic E-state index is 0.507. The molecule has 4 nitrogen and oxygen atoms in total. The number of nitrogens with one attached hydrogen (secondary N) is 1. The summed E-state index contributed by atoms with van der Waals surface area (Å²) >= 11 is 0. The molecule has 1 saturated heterocycles. The number of ether oxygens (including phenoxy) is 1. The van der Waals surface area contributed by atoms with Crippen LogP contribution in [0, 0.1) is 5.92 Å². The van der Waals surface area contributed by atoms with Crippen molar-refractivity contribution in [2.75, 3.05) is 19.8 Å². The molecule has 2 aliphatic rings. The predicted octanol–water partition coefficient (Wildman–Crippen LogP) is 2.95. The fourth-order valence-electron chi connectivity index (χ4n) is 3.80. The molecule has 0 spiro atoms. The van der Waals surface area contributed by atoms with Crippen LogP contribution in [-0.4, -0.2) is 35.6 Å². The second-order valence-electron chi connectivity index (χ2n) is 6.57. The first-order valence-corrected chi connectivity index (χ1v) is 8.72. The van der Waals surface area contributed by atoms with Crippen molar-refractivity contribution in [2.45, 2.75) is 64.0 Å². The largest absolute Gasteiger partial charge is 0.381 e. The lowest BCUT2D eigenvalue weighted by Crippen LogP contribution is -2.38. The number of nitrogens with zero attached hydrogens (tertiary/aromatic N) is 2. The molecule has 1 saturated carbocycles. The van der Waals surface area contributed by atoms with Crippen molar-refractivity contribution in [1.29, 1.82) is 0 Å². The van der Waals surface area contributed by atoms with Crippen LogP contribution in [0.5, 0.6) is 0 Å². The SMILES string of the molecule is CCNC(Cc1ccn(C2CCCCC2)n1)C1CCOC1. The average Bonchev–Trinajstić information content (AvgIpc) is 3.19. The Morgan fingerprint density at radius 2 is 2.19 bits per heavy atom. The van der Waals surface area contributed by atoms with Gasteiger partial charge in [-0.1, -0.05) is 26.2 Å². The molecule has 2 atom stereocenters. The van der Waals surface area contributed by atoms with Crippen molar-refractivity contribution in [2.24, 2.45) is 5.92 Å². The highest BCUT2D eigenvalue weighted by atomic mass is 16.5. The van der Waals surface area contributed by atoms with E-state index in [1.54, 1.807) is 0 Å². The summed E-state index contributed by atoms with van der Waals surface area (Å²) in [4.78, 5) is 0. The maximum Gasteiger partial charge on any atom is 0.0640 e. The third-order valence-corrected chi connectivity index (χ3v) is 5.04. The second-order valence-corrected chi connectivity index (χ2v) is 6.57. The van der Waals surface area contributed by atoms with E-state index in [0.29, 0.717) is 18.0 Å². The van der Waals surface area contributed by atoms with Crippen molar-refractivity contribution in [3.8, 4) is 0 Å². The number of hydrogen-bond donors (Lipinski definition) is 1. The molecule has 1 aromatic heterocycles. The van der Waals surface area contributed by atoms with Crippen LogP contribution in [0.2, 0.25) is 0 Å². The molecule has 3 rings (SSSR count). The van der Waals surface area contributed by atoms with Gasteiger partial charge in [-0.15, -0.1) is 0 Å². The topological polar surface area (TPSA) is 39.1 Å². The number of hydrogen-bond acceptors (Lipinski definition) is 3. The van der Waals surface area contributed by atoms with E-state index in [-0.39, 0.29) is 0 Å². The Balaban J connectivity index is 1.61. The van der Waals surface area contributed by atoms with Gasteiger partial charge in [-0.2, -0.15) is 5.10 Å². The Morgan fingerprint density at radius 1 is 1.33 bits per heavy atom. The zero-order chi connectivity index (χ0) is 14.5. The van der Waals surface area contributed by atoms with Crippen LogP contribution < -0.4 is 5.32 Å². The molecule has 2 fully saturated rings. The van der Waals surface area contributed by atoms with E-state index in [1.807, 2.05) is 0 Å². The Bertz CT molecular complexity index is 419. The number of likely N-dealkylation sites (N-methyl/N-ethyl adjacent to an activating group) is 1. The van der Waals surface area contributed by atoms with E-state index in [0.717, 1.165) is 26.2 Å². The Morgan fingerprint density at radius 3 is 2.90 bits per heavy atom. The first-order chi connectivity index (χ1) is 10.4. The lowest BCUT2D eigenvalue weighted by molar-refractivity contribution is 0.176. The van der Waals surface area contributed by atoms with Gasteiger partial charge in [-0.05, 0) is 31.9 Å². The smallest absolute Gasteiger partial charge is 0.0640 e. The lowest BCUT2D eigenvalue weighted by Gasteiger charge is -2.23. The summed E-state index contributed by atoms with van der Waals surface area (Å²) in [5.41, 5.74) is 1.23. The van der Waals surface area contributed by atoms with Crippen LogP contribution in [0.1, 0.15) is 57.2 Å². The van der Waals surface area contributed by atoms with Crippen LogP contribution >= 0.6 is 0 Å². The average molecular weight is 291 g/mol. The molecule has 1 aliphatic heterocycles. The molecule has 0 aromatic carbocycles. The van der Waals surface area contributed by atoms with E-state index in [4.69, 9.17) is 9.84 Å². The van der Waals surface area contributed by atoms with Crippen molar-refractivity contribution < 1.29 is 4.74 Å². The molecular weight excluding hydrogens is 262 g/mol. The third kappa shape index (κ3) is 3.86. The highest BCUT2D eigenvalue weighted by Crippen LogP contribution is 2.27. The quantitative estimate of drug-likeness (QED) is 0.876. The van der Waals surface area contributed by atoms with Crippen LogP contribution in [0.4, 0.5) is 0 Å². The van der Waals surface area contributed by atoms with Gasteiger partial charge < -0.3 is 10.1 Å². The van der Waals surface area contributed by atoms with Crippen LogP contribution in [-0.2, 0) is 11.2 Å². The van der Waals surface area contributed by atoms with Gasteiger partial charge in [0.25, 0.3) is 0 Å². The molecule has 4 heteroatoms. The van der Waals surface area contributed by atoms with Gasteiger partial charge in [-0.25, -0.2) is 0 Å². The molecule has 1 aliphatic carbocycles. The minimum Gasteiger partial charge on any atom is -0.381 e. The minimum atomic E-state index is 0.507. The molecule has 118 valence electrons. The summed E-state index contributed by atoms with van der Waals surface area (Å²) in [5, 5.41) is 8.50. The Kier molecular flexibility index (Phi) is 5.31. The van der Waals surface area contributed by atoms with Crippen LogP contribution in [0.15, 0.2) is 12.3 Å². The molecule has 0 amide bonds.